The third-order valence-corrected chi connectivity index (χ3v) is 16.4. The first-order valence-electron chi connectivity index (χ1n) is 31.4. The topological polar surface area (TPSA) is 230 Å². The Morgan fingerprint density at radius 2 is 0.911 bits per heavy atom. The third kappa shape index (κ3) is 19.0. The molecule has 0 radical (unpaired) electrons. The van der Waals surface area contributed by atoms with E-state index in [0.29, 0.717) is 178 Å². The second kappa shape index (κ2) is 33.9. The molecule has 6 aromatic rings. The number of aromatic nitrogens is 2. The van der Waals surface area contributed by atoms with Crippen LogP contribution in [-0.4, -0.2) is 112 Å². The molecule has 2 fully saturated rings. The minimum Gasteiger partial charge on any atom is -0.494 e. The number of hydrogen-bond donors (Lipinski definition) is 0. The van der Waals surface area contributed by atoms with Crippen molar-refractivity contribution in [3.05, 3.63) is 128 Å². The SMILES string of the molecule is C=CC(=O)OCCCCCCOc1ccc(OC(=O)C2CCC(C(=O)Oc3ccc4c5ccc(OC(=O)C6CCC(C(=O)OC7=CCC(OCCCCCCOC(=O)C=C)C=C7)CC6)cc5c5nc6cc(OCCOCCOC)ccc6nc5c4c3)CC2)cc1. The van der Waals surface area contributed by atoms with Crippen LogP contribution in [0.1, 0.15) is 109 Å². The quantitative estimate of drug-likeness (QED) is 0.00709. The van der Waals surface area contributed by atoms with Gasteiger partial charge in [0.25, 0.3) is 0 Å². The molecule has 3 aliphatic carbocycles. The van der Waals surface area contributed by atoms with Crippen LogP contribution in [0.25, 0.3) is 43.6 Å². The van der Waals surface area contributed by atoms with Gasteiger partial charge in [-0.1, -0.05) is 25.7 Å². The summed E-state index contributed by atoms with van der Waals surface area (Å²) in [6.07, 6.45) is 19.1. The van der Waals surface area contributed by atoms with Crippen LogP contribution in [0.15, 0.2) is 128 Å². The average molecular weight is 1230 g/mol. The lowest BCUT2D eigenvalue weighted by atomic mass is 9.82. The second-order valence-corrected chi connectivity index (χ2v) is 22.7. The molecule has 0 spiro atoms. The van der Waals surface area contributed by atoms with Crippen LogP contribution in [0.3, 0.4) is 0 Å². The van der Waals surface area contributed by atoms with Crippen molar-refractivity contribution in [3.63, 3.8) is 0 Å². The molecule has 476 valence electrons. The molecule has 3 aliphatic rings. The number of rotatable bonds is 33. The first-order valence-corrected chi connectivity index (χ1v) is 31.4. The zero-order chi connectivity index (χ0) is 63.0. The van der Waals surface area contributed by atoms with E-state index in [4.69, 9.17) is 62.1 Å². The molecule has 0 N–H and O–H groups in total. The summed E-state index contributed by atoms with van der Waals surface area (Å²) in [6, 6.07) is 23.4. The van der Waals surface area contributed by atoms with E-state index in [-0.39, 0.29) is 41.8 Å². The highest BCUT2D eigenvalue weighted by atomic mass is 16.6. The van der Waals surface area contributed by atoms with Gasteiger partial charge in [0.2, 0.25) is 0 Å². The number of carbonyl (C=O) groups excluding carboxylic acids is 6. The summed E-state index contributed by atoms with van der Waals surface area (Å²) in [5, 5.41) is 3.01. The predicted octanol–water partition coefficient (Wildman–Crippen LogP) is 12.9. The average Bonchev–Trinajstić information content (AvgIpc) is 0.784. The molecule has 5 aromatic carbocycles. The lowest BCUT2D eigenvalue weighted by molar-refractivity contribution is -0.148. The highest BCUT2D eigenvalue weighted by Gasteiger charge is 2.34. The number of carbonyl (C=O) groups is 6. The molecule has 19 heteroatoms. The Morgan fingerprint density at radius 3 is 1.43 bits per heavy atom. The van der Waals surface area contributed by atoms with Crippen molar-refractivity contribution in [2.75, 3.05) is 60.0 Å². The predicted molar refractivity (Wildman–Crippen MR) is 337 cm³/mol. The van der Waals surface area contributed by atoms with Gasteiger partial charge in [0.1, 0.15) is 41.1 Å². The maximum Gasteiger partial charge on any atom is 0.330 e. The Kier molecular flexibility index (Phi) is 24.8. The summed E-state index contributed by atoms with van der Waals surface area (Å²) >= 11 is 0. The Labute approximate surface area is 524 Å². The van der Waals surface area contributed by atoms with Gasteiger partial charge in [-0.05, 0) is 198 Å². The van der Waals surface area contributed by atoms with Crippen LogP contribution < -0.4 is 23.7 Å². The monoisotopic (exact) mass is 1230 g/mol. The number of nitrogens with zero attached hydrogens (tertiary/aromatic N) is 2. The molecule has 1 heterocycles. The molecule has 2 saturated carbocycles. The van der Waals surface area contributed by atoms with E-state index in [9.17, 15) is 28.8 Å². The van der Waals surface area contributed by atoms with Crippen molar-refractivity contribution in [1.29, 1.82) is 0 Å². The van der Waals surface area contributed by atoms with Gasteiger partial charge in [0, 0.05) is 42.7 Å². The van der Waals surface area contributed by atoms with Crippen LogP contribution in [0, 0.1) is 23.7 Å². The van der Waals surface area contributed by atoms with Crippen molar-refractivity contribution in [3.8, 4) is 28.7 Å². The summed E-state index contributed by atoms with van der Waals surface area (Å²) in [7, 11) is 1.62. The molecule has 90 heavy (non-hydrogen) atoms. The Balaban J connectivity index is 0.795. The van der Waals surface area contributed by atoms with Crippen molar-refractivity contribution in [2.24, 2.45) is 23.7 Å². The van der Waals surface area contributed by atoms with E-state index in [1.54, 1.807) is 61.7 Å². The number of ether oxygens (including phenoxy) is 11. The van der Waals surface area contributed by atoms with Gasteiger partial charge < -0.3 is 52.1 Å². The van der Waals surface area contributed by atoms with E-state index in [1.165, 1.54) is 0 Å². The minimum absolute atomic E-state index is 0.102. The second-order valence-electron chi connectivity index (χ2n) is 22.7. The molecule has 0 saturated heterocycles. The highest BCUT2D eigenvalue weighted by Crippen LogP contribution is 2.40. The van der Waals surface area contributed by atoms with Crippen LogP contribution in [0.4, 0.5) is 0 Å². The van der Waals surface area contributed by atoms with E-state index < -0.39 is 23.8 Å². The highest BCUT2D eigenvalue weighted by molar-refractivity contribution is 6.24. The molecule has 0 bridgehead atoms. The third-order valence-electron chi connectivity index (χ3n) is 16.4. The number of benzene rings is 5. The zero-order valence-corrected chi connectivity index (χ0v) is 51.2. The van der Waals surface area contributed by atoms with Gasteiger partial charge >= 0.3 is 35.8 Å². The molecule has 1 atom stereocenters. The Hall–Kier alpha value is -8.52. The lowest BCUT2D eigenvalue weighted by Gasteiger charge is -2.26. The molecular weight excluding hydrogens is 1150 g/mol. The van der Waals surface area contributed by atoms with E-state index >= 15 is 0 Å². The minimum atomic E-state index is -0.421. The molecule has 1 aromatic heterocycles. The number of unbranched alkanes of at least 4 members (excludes halogenated alkanes) is 6. The normalized spacial score (nSPS) is 18.1. The van der Waals surface area contributed by atoms with E-state index in [1.807, 2.05) is 42.5 Å². The first-order chi connectivity index (χ1) is 43.9. The summed E-state index contributed by atoms with van der Waals surface area (Å²) in [5.74, 6) is -0.983. The molecule has 0 amide bonds. The number of allylic oxidation sites excluding steroid dienone is 1. The number of esters is 6. The zero-order valence-electron chi connectivity index (χ0n) is 51.2. The first kappa shape index (κ1) is 65.9. The lowest BCUT2D eigenvalue weighted by Crippen LogP contribution is -2.30. The van der Waals surface area contributed by atoms with Crippen LogP contribution in [-0.2, 0) is 57.2 Å². The summed E-state index contributed by atoms with van der Waals surface area (Å²) in [4.78, 5) is 87.0. The van der Waals surface area contributed by atoms with Crippen molar-refractivity contribution in [2.45, 2.75) is 115 Å². The van der Waals surface area contributed by atoms with Crippen molar-refractivity contribution in [1.82, 2.24) is 9.97 Å². The molecule has 19 nitrogen and oxygen atoms in total. The number of fused-ring (bicyclic) bond motifs is 7. The van der Waals surface area contributed by atoms with Gasteiger partial charge in [0.15, 0.2) is 0 Å². The molecule has 1 unspecified atom stereocenters. The molecular formula is C71H80N2O17. The Bertz CT molecular complexity index is 3540. The van der Waals surface area contributed by atoms with Crippen molar-refractivity contribution >= 4 is 79.4 Å². The van der Waals surface area contributed by atoms with E-state index in [2.05, 4.69) is 13.2 Å². The summed E-state index contributed by atoms with van der Waals surface area (Å²) in [6.45, 7) is 10.3. The van der Waals surface area contributed by atoms with Gasteiger partial charge in [-0.3, -0.25) is 19.2 Å². The maximum atomic E-state index is 13.9. The Morgan fingerprint density at radius 1 is 0.456 bits per heavy atom. The molecule has 0 aliphatic heterocycles. The smallest absolute Gasteiger partial charge is 0.330 e. The summed E-state index contributed by atoms with van der Waals surface area (Å²) in [5.41, 5.74) is 2.25. The number of methoxy groups -OCH3 is 1. The van der Waals surface area contributed by atoms with Crippen LogP contribution >= 0.6 is 0 Å². The van der Waals surface area contributed by atoms with Gasteiger partial charge in [0.05, 0.1) is 91.5 Å². The van der Waals surface area contributed by atoms with Crippen LogP contribution in [0.5, 0.6) is 28.7 Å². The van der Waals surface area contributed by atoms with Gasteiger partial charge in [-0.25, -0.2) is 19.6 Å². The van der Waals surface area contributed by atoms with Crippen LogP contribution in [0.2, 0.25) is 0 Å². The molecule has 9 rings (SSSR count). The van der Waals surface area contributed by atoms with Crippen molar-refractivity contribution < 1.29 is 80.9 Å². The van der Waals surface area contributed by atoms with Gasteiger partial charge in [-0.2, -0.15) is 0 Å². The standard InChI is InChI=1S/C71H80N2O17/c1-4-64(74)85-38-12-8-6-10-36-82-51-22-26-53(27-23-51)87-68(76)47-14-18-49(19-15-47)70(78)89-56-30-33-58-59-34-31-57(45-61(59)67-66(60(58)44-56)72-62-35-32-55(46-63(62)73-67)84-43-42-81-41-40-80-3)90-71(79)50-20-16-48(17-21-50)69(77)88-54-28-24-52(25-29-54)83-37-11-7-9-13-39-86-65(75)5-2/h4-5,22-24,26-35,44-50,52H,1-2,6-21,25,36-43H2,3H3. The fourth-order valence-electron chi connectivity index (χ4n) is 11.3. The summed E-state index contributed by atoms with van der Waals surface area (Å²) < 4.78 is 62.3. The fourth-order valence-corrected chi connectivity index (χ4v) is 11.3. The fraction of sp³-hybridized carbons (Fsp3) is 0.437. The largest absolute Gasteiger partial charge is 0.494 e. The van der Waals surface area contributed by atoms with Gasteiger partial charge in [-0.15, -0.1) is 0 Å². The maximum absolute atomic E-state index is 13.9. The van der Waals surface area contributed by atoms with E-state index in [0.717, 1.165) is 74.3 Å². The number of hydrogen-bond acceptors (Lipinski definition) is 19.